The van der Waals surface area contributed by atoms with Crippen molar-refractivity contribution < 1.29 is 0 Å². The minimum atomic E-state index is 1.08. The largest absolute Gasteiger partial charge is 0.247 e. The van der Waals surface area contributed by atoms with Crippen molar-refractivity contribution >= 4 is 56.0 Å². The van der Waals surface area contributed by atoms with E-state index in [-0.39, 0.29) is 0 Å². The van der Waals surface area contributed by atoms with Crippen LogP contribution in [0.5, 0.6) is 0 Å². The van der Waals surface area contributed by atoms with E-state index < -0.39 is 0 Å². The summed E-state index contributed by atoms with van der Waals surface area (Å²) in [5, 5.41) is 3.83. The Morgan fingerprint density at radius 1 is 0.818 bits per heavy atom. The first-order valence-electron chi connectivity index (χ1n) is 7.10. The van der Waals surface area contributed by atoms with Crippen LogP contribution in [0, 0.1) is 3.57 Å². The van der Waals surface area contributed by atoms with Gasteiger partial charge in [-0.25, -0.2) is 4.98 Å². The average molecular weight is 411 g/mol. The molecule has 0 bridgehead atoms. The van der Waals surface area contributed by atoms with Gasteiger partial charge in [-0.1, -0.05) is 48.2 Å². The quantitative estimate of drug-likeness (QED) is 0.225. The second-order valence-electron chi connectivity index (χ2n) is 5.40. The molecule has 0 amide bonds. The molecule has 4 aromatic rings. The number of benzene rings is 3. The molecular weight excluding hydrogens is 401 g/mol. The molecule has 0 saturated heterocycles. The maximum Gasteiger partial charge on any atom is 0.0810 e. The van der Waals surface area contributed by atoms with Crippen molar-refractivity contribution in [2.75, 3.05) is 0 Å². The van der Waals surface area contributed by atoms with Crippen LogP contribution in [0.1, 0.15) is 0 Å². The Morgan fingerprint density at radius 3 is 2.64 bits per heavy atom. The van der Waals surface area contributed by atoms with Crippen LogP contribution in [0.25, 0.3) is 32.9 Å². The van der Waals surface area contributed by atoms with Gasteiger partial charge in [0.1, 0.15) is 0 Å². The van der Waals surface area contributed by atoms with Gasteiger partial charge in [0.05, 0.1) is 11.2 Å². The summed E-state index contributed by atoms with van der Waals surface area (Å²) in [6.45, 7) is 0. The van der Waals surface area contributed by atoms with Crippen LogP contribution in [-0.2, 0) is 0 Å². The normalized spacial score (nSPS) is 12.6. The zero-order chi connectivity index (χ0) is 14.7. The summed E-state index contributed by atoms with van der Waals surface area (Å²) in [4.78, 5) is 7.61. The van der Waals surface area contributed by atoms with E-state index in [0.717, 1.165) is 11.2 Å². The summed E-state index contributed by atoms with van der Waals surface area (Å²) < 4.78 is 1.22. The highest BCUT2D eigenvalue weighted by Crippen LogP contribution is 2.48. The number of hydrogen-bond acceptors (Lipinski definition) is 2. The third kappa shape index (κ3) is 1.75. The van der Waals surface area contributed by atoms with E-state index in [2.05, 4.69) is 83.3 Å². The summed E-state index contributed by atoms with van der Waals surface area (Å²) in [6.07, 6.45) is 0. The van der Waals surface area contributed by atoms with Gasteiger partial charge in [0.15, 0.2) is 0 Å². The number of fused-ring (bicyclic) bond motifs is 4. The molecule has 0 N–H and O–H groups in total. The molecule has 104 valence electrons. The molecule has 0 aliphatic carbocycles. The standard InChI is InChI=1S/C19H10INS/c20-11-8-9-12-13-5-3-7-17-18(13)19(21-15(12)10-11)14-4-1-2-6-16(14)22-17/h1-10H. The van der Waals surface area contributed by atoms with Gasteiger partial charge in [-0.3, -0.25) is 0 Å². The Balaban J connectivity index is 2.04. The third-order valence-corrected chi connectivity index (χ3v) is 5.91. The summed E-state index contributed by atoms with van der Waals surface area (Å²) in [5.41, 5.74) is 3.44. The SMILES string of the molecule is Ic1ccc2c(c1)nc1c3c(cccc32)Sc2ccccc2-1. The van der Waals surface area contributed by atoms with E-state index in [1.54, 1.807) is 0 Å². The molecule has 3 heteroatoms. The predicted molar refractivity (Wildman–Crippen MR) is 102 cm³/mol. The van der Waals surface area contributed by atoms with Gasteiger partial charge in [0.2, 0.25) is 0 Å². The van der Waals surface area contributed by atoms with Crippen LogP contribution < -0.4 is 0 Å². The second-order valence-corrected chi connectivity index (χ2v) is 7.73. The highest BCUT2D eigenvalue weighted by molar-refractivity contribution is 14.1. The first-order chi connectivity index (χ1) is 10.8. The van der Waals surface area contributed by atoms with Crippen LogP contribution >= 0.6 is 34.4 Å². The highest BCUT2D eigenvalue weighted by Gasteiger charge is 2.21. The van der Waals surface area contributed by atoms with Gasteiger partial charge in [-0.15, -0.1) is 0 Å². The number of aromatic nitrogens is 1. The van der Waals surface area contributed by atoms with E-state index in [0.29, 0.717) is 0 Å². The van der Waals surface area contributed by atoms with Gasteiger partial charge in [-0.05, 0) is 52.2 Å². The minimum absolute atomic E-state index is 1.08. The minimum Gasteiger partial charge on any atom is -0.247 e. The zero-order valence-corrected chi connectivity index (χ0v) is 14.5. The second kappa shape index (κ2) is 4.70. The first-order valence-corrected chi connectivity index (χ1v) is 9.00. The molecule has 1 nitrogen and oxygen atoms in total. The number of pyridine rings is 1. The van der Waals surface area contributed by atoms with Gasteiger partial charge >= 0.3 is 0 Å². The van der Waals surface area contributed by atoms with Crippen LogP contribution in [0.2, 0.25) is 0 Å². The number of halogens is 1. The molecule has 0 radical (unpaired) electrons. The fraction of sp³-hybridized carbons (Fsp3) is 0. The topological polar surface area (TPSA) is 12.9 Å². The maximum atomic E-state index is 5.02. The maximum absolute atomic E-state index is 5.02. The van der Waals surface area contributed by atoms with Crippen molar-refractivity contribution in [3.05, 3.63) is 64.2 Å². The fourth-order valence-electron chi connectivity index (χ4n) is 3.15. The molecule has 1 aromatic heterocycles. The van der Waals surface area contributed by atoms with Crippen molar-refractivity contribution in [1.82, 2.24) is 4.98 Å². The molecule has 0 spiro atoms. The molecule has 1 aliphatic rings. The molecule has 1 aliphatic heterocycles. The molecule has 0 unspecified atom stereocenters. The summed E-state index contributed by atoms with van der Waals surface area (Å²) in [7, 11) is 0. The van der Waals surface area contributed by atoms with Crippen molar-refractivity contribution in [1.29, 1.82) is 0 Å². The van der Waals surface area contributed by atoms with Crippen molar-refractivity contribution in [2.24, 2.45) is 0 Å². The van der Waals surface area contributed by atoms with Crippen LogP contribution in [0.3, 0.4) is 0 Å². The lowest BCUT2D eigenvalue weighted by atomic mass is 9.99. The smallest absolute Gasteiger partial charge is 0.0810 e. The lowest BCUT2D eigenvalue weighted by Crippen LogP contribution is -1.96. The first kappa shape index (κ1) is 12.9. The predicted octanol–water partition coefficient (Wildman–Crippen LogP) is 6.12. The Labute approximate surface area is 145 Å². The van der Waals surface area contributed by atoms with Crippen molar-refractivity contribution in [2.45, 2.75) is 9.79 Å². The molecule has 5 rings (SSSR count). The fourth-order valence-corrected chi connectivity index (χ4v) is 4.74. The van der Waals surface area contributed by atoms with E-state index in [1.807, 2.05) is 11.8 Å². The molecular formula is C19H10INS. The van der Waals surface area contributed by atoms with Gasteiger partial charge < -0.3 is 0 Å². The van der Waals surface area contributed by atoms with Crippen LogP contribution in [0.4, 0.5) is 0 Å². The molecule has 3 aromatic carbocycles. The molecule has 22 heavy (non-hydrogen) atoms. The monoisotopic (exact) mass is 411 g/mol. The Morgan fingerprint density at radius 2 is 1.68 bits per heavy atom. The van der Waals surface area contributed by atoms with Crippen molar-refractivity contribution in [3.8, 4) is 11.3 Å². The van der Waals surface area contributed by atoms with Gasteiger partial charge in [0, 0.05) is 29.7 Å². The van der Waals surface area contributed by atoms with E-state index in [4.69, 9.17) is 4.98 Å². The Kier molecular flexibility index (Phi) is 2.76. The third-order valence-electron chi connectivity index (χ3n) is 4.11. The highest BCUT2D eigenvalue weighted by atomic mass is 127. The van der Waals surface area contributed by atoms with Crippen molar-refractivity contribution in [3.63, 3.8) is 0 Å². The van der Waals surface area contributed by atoms with E-state index in [1.165, 1.54) is 35.1 Å². The zero-order valence-electron chi connectivity index (χ0n) is 11.5. The number of rotatable bonds is 0. The number of nitrogens with zero attached hydrogens (tertiary/aromatic N) is 1. The lowest BCUT2D eigenvalue weighted by Gasteiger charge is -2.20. The Bertz CT molecular complexity index is 1070. The molecule has 0 saturated carbocycles. The van der Waals surface area contributed by atoms with E-state index >= 15 is 0 Å². The van der Waals surface area contributed by atoms with Crippen LogP contribution in [-0.4, -0.2) is 4.98 Å². The summed E-state index contributed by atoms with van der Waals surface area (Å²) >= 11 is 4.20. The van der Waals surface area contributed by atoms with E-state index in [9.17, 15) is 0 Å². The number of hydrogen-bond donors (Lipinski definition) is 0. The summed E-state index contributed by atoms with van der Waals surface area (Å²) in [6, 6.07) is 21.6. The van der Waals surface area contributed by atoms with Gasteiger partial charge in [0.25, 0.3) is 0 Å². The van der Waals surface area contributed by atoms with Gasteiger partial charge in [-0.2, -0.15) is 0 Å². The summed E-state index contributed by atoms with van der Waals surface area (Å²) in [5.74, 6) is 0. The van der Waals surface area contributed by atoms with Crippen LogP contribution in [0.15, 0.2) is 70.5 Å². The molecule has 0 fully saturated rings. The average Bonchev–Trinajstić information content (AvgIpc) is 2.54. The molecule has 2 heterocycles. The molecule has 0 atom stereocenters. The Hall–Kier alpha value is -1.59. The lowest BCUT2D eigenvalue weighted by molar-refractivity contribution is 1.32.